The third kappa shape index (κ3) is 2.93. The molecule has 128 valence electrons. The smallest absolute Gasteiger partial charge is 0.262 e. The zero-order valence-corrected chi connectivity index (χ0v) is 14.7. The molecule has 0 unspecified atom stereocenters. The molecule has 4 aromatic rings. The molecular weight excluding hydrogens is 348 g/mol. The number of aromatic nitrogens is 3. The lowest BCUT2D eigenvalue weighted by Crippen LogP contribution is -2.13. The van der Waals surface area contributed by atoms with E-state index in [9.17, 15) is 4.79 Å². The molecule has 2 aromatic carbocycles. The largest absolute Gasteiger partial charge is 0.325 e. The normalized spacial score (nSPS) is 10.8. The highest BCUT2D eigenvalue weighted by Gasteiger charge is 2.13. The van der Waals surface area contributed by atoms with Crippen LogP contribution >= 0.6 is 11.6 Å². The van der Waals surface area contributed by atoms with Gasteiger partial charge in [-0.3, -0.25) is 9.78 Å². The van der Waals surface area contributed by atoms with Crippen molar-refractivity contribution in [3.63, 3.8) is 0 Å². The van der Waals surface area contributed by atoms with Gasteiger partial charge in [-0.05, 0) is 30.7 Å². The Morgan fingerprint density at radius 1 is 1.00 bits per heavy atom. The molecule has 0 saturated carbocycles. The van der Waals surface area contributed by atoms with E-state index in [0.717, 1.165) is 16.8 Å². The van der Waals surface area contributed by atoms with Crippen molar-refractivity contribution in [1.29, 1.82) is 0 Å². The Morgan fingerprint density at radius 2 is 1.77 bits per heavy atom. The van der Waals surface area contributed by atoms with Gasteiger partial charge in [0, 0.05) is 28.0 Å². The van der Waals surface area contributed by atoms with E-state index in [1.54, 1.807) is 18.3 Å². The van der Waals surface area contributed by atoms with E-state index in [4.69, 9.17) is 11.6 Å². The van der Waals surface area contributed by atoms with Crippen molar-refractivity contribution in [2.45, 2.75) is 6.92 Å². The number of hydrogen-bond donors (Lipinski definition) is 2. The zero-order valence-electron chi connectivity index (χ0n) is 14.0. The average Bonchev–Trinajstić information content (AvgIpc) is 2.63. The Kier molecular flexibility index (Phi) is 4.14. The molecule has 0 amide bonds. The number of benzene rings is 2. The molecule has 0 saturated heterocycles. The third-order valence-electron chi connectivity index (χ3n) is 4.17. The quantitative estimate of drug-likeness (QED) is 0.554. The molecular formula is C20H15ClN4O. The second-order valence-electron chi connectivity index (χ2n) is 5.89. The van der Waals surface area contributed by atoms with Crippen LogP contribution in [-0.4, -0.2) is 15.0 Å². The zero-order chi connectivity index (χ0) is 18.1. The number of aryl methyl sites for hydroxylation is 1. The van der Waals surface area contributed by atoms with E-state index in [1.807, 2.05) is 49.4 Å². The first-order chi connectivity index (χ1) is 12.6. The molecule has 2 N–H and O–H groups in total. The number of H-pyrrole nitrogens is 1. The Balaban J connectivity index is 1.86. The number of nitrogens with zero attached hydrogens (tertiary/aromatic N) is 2. The Bertz CT molecular complexity index is 1170. The minimum atomic E-state index is -0.269. The van der Waals surface area contributed by atoms with Crippen LogP contribution in [0.5, 0.6) is 0 Å². The van der Waals surface area contributed by atoms with Crippen molar-refractivity contribution in [2.24, 2.45) is 0 Å². The molecule has 0 fully saturated rings. The molecule has 0 atom stereocenters. The monoisotopic (exact) mass is 362 g/mol. The Labute approximate surface area is 154 Å². The van der Waals surface area contributed by atoms with Crippen LogP contribution in [0.15, 0.2) is 65.6 Å². The van der Waals surface area contributed by atoms with Crippen LogP contribution in [0.1, 0.15) is 5.56 Å². The molecule has 0 aliphatic carbocycles. The van der Waals surface area contributed by atoms with E-state index >= 15 is 0 Å². The van der Waals surface area contributed by atoms with Crippen molar-refractivity contribution >= 4 is 34.3 Å². The fourth-order valence-corrected chi connectivity index (χ4v) is 3.10. The van der Waals surface area contributed by atoms with Crippen LogP contribution in [0.2, 0.25) is 5.02 Å². The van der Waals surface area contributed by atoms with Crippen molar-refractivity contribution in [1.82, 2.24) is 15.0 Å². The Morgan fingerprint density at radius 3 is 2.58 bits per heavy atom. The molecule has 2 heterocycles. The number of halogens is 1. The van der Waals surface area contributed by atoms with Crippen LogP contribution in [-0.2, 0) is 0 Å². The molecule has 26 heavy (non-hydrogen) atoms. The summed E-state index contributed by atoms with van der Waals surface area (Å²) >= 11 is 6.30. The lowest BCUT2D eigenvalue weighted by atomic mass is 10.0. The van der Waals surface area contributed by atoms with Crippen LogP contribution in [0.3, 0.4) is 0 Å². The molecule has 0 spiro atoms. The highest BCUT2D eigenvalue weighted by atomic mass is 35.5. The number of pyridine rings is 1. The lowest BCUT2D eigenvalue weighted by Gasteiger charge is -2.10. The van der Waals surface area contributed by atoms with Crippen molar-refractivity contribution < 1.29 is 0 Å². The minimum absolute atomic E-state index is 0.269. The number of hydrogen-bond acceptors (Lipinski definition) is 4. The summed E-state index contributed by atoms with van der Waals surface area (Å²) in [5.74, 6) is 0.348. The Hall–Kier alpha value is -3.18. The first-order valence-electron chi connectivity index (χ1n) is 8.10. The van der Waals surface area contributed by atoms with E-state index < -0.39 is 0 Å². The van der Waals surface area contributed by atoms with Crippen LogP contribution in [0.4, 0.5) is 11.6 Å². The van der Waals surface area contributed by atoms with Gasteiger partial charge in [0.25, 0.3) is 5.56 Å². The average molecular weight is 363 g/mol. The van der Waals surface area contributed by atoms with Crippen molar-refractivity contribution in [3.05, 3.63) is 81.7 Å². The summed E-state index contributed by atoms with van der Waals surface area (Å²) in [5.41, 5.74) is 3.49. The van der Waals surface area contributed by atoms with Gasteiger partial charge in [0.15, 0.2) is 5.65 Å². The molecule has 0 aliphatic heterocycles. The van der Waals surface area contributed by atoms with Gasteiger partial charge in [-0.15, -0.1) is 0 Å². The van der Waals surface area contributed by atoms with Gasteiger partial charge in [-0.25, -0.2) is 4.98 Å². The van der Waals surface area contributed by atoms with Gasteiger partial charge in [0.05, 0.1) is 5.39 Å². The lowest BCUT2D eigenvalue weighted by molar-refractivity contribution is 1.14. The maximum absolute atomic E-state index is 12.8. The number of aromatic amines is 1. The van der Waals surface area contributed by atoms with Crippen molar-refractivity contribution in [3.8, 4) is 11.1 Å². The van der Waals surface area contributed by atoms with E-state index in [1.165, 1.54) is 0 Å². The number of para-hydroxylation sites is 1. The SMILES string of the molecule is Cc1ccccc1Nc1nc2nccc(-c3ccccc3Cl)c2c(=O)[nH]1. The molecule has 4 rings (SSSR count). The molecule has 5 nitrogen and oxygen atoms in total. The first-order valence-corrected chi connectivity index (χ1v) is 8.48. The van der Waals surface area contributed by atoms with Gasteiger partial charge in [-0.1, -0.05) is 48.0 Å². The highest BCUT2D eigenvalue weighted by molar-refractivity contribution is 6.33. The fraction of sp³-hybridized carbons (Fsp3) is 0.0500. The van der Waals surface area contributed by atoms with Crippen LogP contribution < -0.4 is 10.9 Å². The summed E-state index contributed by atoms with van der Waals surface area (Å²) in [5, 5.41) is 4.13. The molecule has 0 radical (unpaired) electrons. The number of fused-ring (bicyclic) bond motifs is 1. The van der Waals surface area contributed by atoms with Crippen LogP contribution in [0, 0.1) is 6.92 Å². The molecule has 2 aromatic heterocycles. The molecule has 6 heteroatoms. The minimum Gasteiger partial charge on any atom is -0.325 e. The van der Waals surface area contributed by atoms with E-state index in [0.29, 0.717) is 27.6 Å². The summed E-state index contributed by atoms with van der Waals surface area (Å²) in [6.07, 6.45) is 1.63. The number of rotatable bonds is 3. The summed E-state index contributed by atoms with van der Waals surface area (Å²) in [6, 6.07) is 16.9. The van der Waals surface area contributed by atoms with Gasteiger partial charge >= 0.3 is 0 Å². The summed E-state index contributed by atoms with van der Waals surface area (Å²) in [4.78, 5) is 24.3. The van der Waals surface area contributed by atoms with Gasteiger partial charge in [0.2, 0.25) is 5.95 Å². The maximum atomic E-state index is 12.8. The highest BCUT2D eigenvalue weighted by Crippen LogP contribution is 2.30. The molecule has 0 aliphatic rings. The van der Waals surface area contributed by atoms with Crippen molar-refractivity contribution in [2.75, 3.05) is 5.32 Å². The number of anilines is 2. The second kappa shape index (κ2) is 6.61. The predicted molar refractivity (Wildman–Crippen MR) is 105 cm³/mol. The van der Waals surface area contributed by atoms with Gasteiger partial charge in [0.1, 0.15) is 0 Å². The standard InChI is InChI=1S/C20H15ClN4O/c1-12-6-2-5-9-16(12)23-20-24-18-17(19(26)25-20)14(10-11-22-18)13-7-3-4-8-15(13)21/h2-11H,1H3,(H2,22,23,24,25,26). The number of nitrogens with one attached hydrogen (secondary N) is 2. The summed E-state index contributed by atoms with van der Waals surface area (Å²) < 4.78 is 0. The third-order valence-corrected chi connectivity index (χ3v) is 4.50. The van der Waals surface area contributed by atoms with E-state index in [2.05, 4.69) is 20.3 Å². The second-order valence-corrected chi connectivity index (χ2v) is 6.30. The maximum Gasteiger partial charge on any atom is 0.262 e. The van der Waals surface area contributed by atoms with Gasteiger partial charge in [-0.2, -0.15) is 4.98 Å². The van der Waals surface area contributed by atoms with Crippen LogP contribution in [0.25, 0.3) is 22.2 Å². The summed E-state index contributed by atoms with van der Waals surface area (Å²) in [7, 11) is 0. The first kappa shape index (κ1) is 16.3. The van der Waals surface area contributed by atoms with Gasteiger partial charge < -0.3 is 5.32 Å². The molecule has 0 bridgehead atoms. The van der Waals surface area contributed by atoms with E-state index in [-0.39, 0.29) is 5.56 Å². The topological polar surface area (TPSA) is 70.7 Å². The predicted octanol–water partition coefficient (Wildman–Crippen LogP) is 4.69. The fourth-order valence-electron chi connectivity index (χ4n) is 2.87. The summed E-state index contributed by atoms with van der Waals surface area (Å²) in [6.45, 7) is 1.98.